The standard InChI is InChI=1S/C24H18F4N6O6S3/c25-19-8-4-15(10-29-19)14-3-7-17-18(9-14)41-23(31-17)22(13-1-5-16(6-2-13)40-24(26,27)28)43(37,38)12-21-33-32-20(39-21)11-30-34-42(35)36/h1-10,22,30,34H,11-12H2,(H,35,36)/p-1. The molecule has 0 spiro atoms. The number of fused-ring (bicyclic) bond motifs is 1. The largest absolute Gasteiger partial charge is 0.759 e. The Morgan fingerprint density at radius 3 is 2.44 bits per heavy atom. The second kappa shape index (κ2) is 12.4. The Morgan fingerprint density at radius 2 is 1.77 bits per heavy atom. The summed E-state index contributed by atoms with van der Waals surface area (Å²) in [4.78, 5) is 10.0. The van der Waals surface area contributed by atoms with Gasteiger partial charge in [-0.15, -0.1) is 34.7 Å². The molecule has 3 heterocycles. The van der Waals surface area contributed by atoms with Gasteiger partial charge in [0.2, 0.25) is 17.7 Å². The molecule has 2 atom stereocenters. The number of aromatic nitrogens is 4. The molecule has 0 radical (unpaired) electrons. The molecule has 0 amide bonds. The summed E-state index contributed by atoms with van der Waals surface area (Å²) in [5, 5.41) is 6.03. The number of pyridine rings is 1. The predicted molar refractivity (Wildman–Crippen MR) is 144 cm³/mol. The van der Waals surface area contributed by atoms with Crippen molar-refractivity contribution in [2.75, 3.05) is 0 Å². The van der Waals surface area contributed by atoms with Crippen LogP contribution in [0.2, 0.25) is 0 Å². The number of halogens is 4. The van der Waals surface area contributed by atoms with Crippen LogP contribution in [0.25, 0.3) is 21.3 Å². The number of ether oxygens (including phenoxy) is 1. The van der Waals surface area contributed by atoms with E-state index in [4.69, 9.17) is 4.42 Å². The normalized spacial score (nSPS) is 13.7. The zero-order chi connectivity index (χ0) is 30.8. The summed E-state index contributed by atoms with van der Waals surface area (Å²) < 4.78 is 110. The lowest BCUT2D eigenvalue weighted by Crippen LogP contribution is -2.32. The van der Waals surface area contributed by atoms with Crippen molar-refractivity contribution in [3.63, 3.8) is 0 Å². The fraction of sp³-hybridized carbons (Fsp3) is 0.167. The molecule has 5 aromatic rings. The molecule has 2 aromatic carbocycles. The monoisotopic (exact) mass is 657 g/mol. The number of nitrogens with one attached hydrogen (secondary N) is 2. The lowest BCUT2D eigenvalue weighted by Gasteiger charge is -2.16. The van der Waals surface area contributed by atoms with Gasteiger partial charge in [-0.2, -0.15) is 9.22 Å². The molecule has 0 aliphatic rings. The number of hydrogen-bond acceptors (Lipinski definition) is 12. The topological polar surface area (TPSA) is 172 Å². The van der Waals surface area contributed by atoms with E-state index in [0.717, 1.165) is 23.5 Å². The molecule has 0 aliphatic heterocycles. The van der Waals surface area contributed by atoms with Crippen LogP contribution in [0.15, 0.2) is 65.2 Å². The molecule has 0 bridgehead atoms. The van der Waals surface area contributed by atoms with Gasteiger partial charge in [0.15, 0.2) is 9.84 Å². The minimum atomic E-state index is -4.94. The highest BCUT2D eigenvalue weighted by Gasteiger charge is 2.35. The molecular formula is C24H17F4N6O6S3-. The smallest absolute Gasteiger partial charge is 0.573 e. The van der Waals surface area contributed by atoms with Crippen LogP contribution < -0.4 is 15.0 Å². The minimum Gasteiger partial charge on any atom is -0.759 e. The van der Waals surface area contributed by atoms with E-state index in [-0.39, 0.29) is 28.9 Å². The van der Waals surface area contributed by atoms with Crippen molar-refractivity contribution in [1.82, 2.24) is 30.4 Å². The molecule has 5 rings (SSSR count). The van der Waals surface area contributed by atoms with Gasteiger partial charge in [-0.1, -0.05) is 18.2 Å². The summed E-state index contributed by atoms with van der Waals surface area (Å²) in [7, 11) is -4.26. The van der Waals surface area contributed by atoms with Crippen molar-refractivity contribution in [3.8, 4) is 16.9 Å². The molecule has 43 heavy (non-hydrogen) atoms. The van der Waals surface area contributed by atoms with Crippen molar-refractivity contribution in [3.05, 3.63) is 89.1 Å². The number of rotatable bonds is 11. The van der Waals surface area contributed by atoms with Crippen molar-refractivity contribution >= 4 is 42.7 Å². The van der Waals surface area contributed by atoms with Gasteiger partial charge in [0.05, 0.1) is 16.8 Å². The SMILES string of the molecule is O=S([O-])NNCc1nnc(CS(=O)(=O)C(c2ccc(OC(F)(F)F)cc2)c2nc3ccc(-c4ccc(F)nc4)cc3s2)o1. The lowest BCUT2D eigenvalue weighted by molar-refractivity contribution is -0.274. The number of hydrogen-bond donors (Lipinski definition) is 2. The average Bonchev–Trinajstić information content (AvgIpc) is 3.54. The number of thiazole rings is 1. The van der Waals surface area contributed by atoms with Crippen LogP contribution in [-0.4, -0.2) is 43.7 Å². The summed E-state index contributed by atoms with van der Waals surface area (Å²) in [5.41, 5.74) is 4.11. The number of alkyl halides is 3. The van der Waals surface area contributed by atoms with Gasteiger partial charge >= 0.3 is 6.36 Å². The molecule has 2 unspecified atom stereocenters. The number of nitrogens with zero attached hydrogens (tertiary/aromatic N) is 4. The Kier molecular flexibility index (Phi) is 8.81. The van der Waals surface area contributed by atoms with Gasteiger partial charge in [0.25, 0.3) is 0 Å². The van der Waals surface area contributed by atoms with Crippen molar-refractivity contribution in [1.29, 1.82) is 0 Å². The maximum absolute atomic E-state index is 13.8. The quantitative estimate of drug-likeness (QED) is 0.0914. The summed E-state index contributed by atoms with van der Waals surface area (Å²) >= 11 is -1.57. The van der Waals surface area contributed by atoms with E-state index in [1.165, 1.54) is 30.5 Å². The third-order valence-corrected chi connectivity index (χ3v) is 9.10. The van der Waals surface area contributed by atoms with Crippen LogP contribution in [0, 0.1) is 5.95 Å². The van der Waals surface area contributed by atoms with Crippen LogP contribution >= 0.6 is 11.3 Å². The molecule has 0 fully saturated rings. The van der Waals surface area contributed by atoms with E-state index in [1.54, 1.807) is 18.2 Å². The lowest BCUT2D eigenvalue weighted by atomic mass is 10.1. The number of sulfone groups is 1. The highest BCUT2D eigenvalue weighted by atomic mass is 32.2. The predicted octanol–water partition coefficient (Wildman–Crippen LogP) is 3.87. The molecule has 3 aromatic heterocycles. The first kappa shape index (κ1) is 30.6. The summed E-state index contributed by atoms with van der Waals surface area (Å²) in [5.74, 6) is -2.39. The second-order valence-electron chi connectivity index (χ2n) is 8.69. The molecule has 0 aliphatic carbocycles. The molecule has 0 saturated heterocycles. The molecule has 2 N–H and O–H groups in total. The second-order valence-corrected chi connectivity index (χ2v) is 12.5. The highest BCUT2D eigenvalue weighted by molar-refractivity contribution is 7.91. The first-order valence-corrected chi connectivity index (χ1v) is 15.5. The molecule has 226 valence electrons. The highest BCUT2D eigenvalue weighted by Crippen LogP contribution is 2.39. The van der Waals surface area contributed by atoms with E-state index < -0.39 is 50.2 Å². The zero-order valence-corrected chi connectivity index (χ0v) is 23.7. The van der Waals surface area contributed by atoms with Crippen LogP contribution in [0.5, 0.6) is 5.75 Å². The maximum Gasteiger partial charge on any atom is 0.573 e. The van der Waals surface area contributed by atoms with E-state index in [2.05, 4.69) is 30.3 Å². The first-order valence-electron chi connectivity index (χ1n) is 11.8. The van der Waals surface area contributed by atoms with Gasteiger partial charge in [-0.25, -0.2) is 23.8 Å². The summed E-state index contributed by atoms with van der Waals surface area (Å²) in [6, 6.07) is 12.2. The minimum absolute atomic E-state index is 0.0973. The van der Waals surface area contributed by atoms with Crippen molar-refractivity contribution in [2.24, 2.45) is 0 Å². The van der Waals surface area contributed by atoms with Crippen LogP contribution in [0.3, 0.4) is 0 Å². The Hall–Kier alpha value is -3.88. The molecule has 0 saturated carbocycles. The number of benzene rings is 2. The van der Waals surface area contributed by atoms with Gasteiger partial charge < -0.3 is 13.7 Å². The third kappa shape index (κ3) is 7.75. The Labute approximate surface area is 246 Å². The first-order chi connectivity index (χ1) is 20.4. The van der Waals surface area contributed by atoms with Crippen molar-refractivity contribution < 1.29 is 43.9 Å². The van der Waals surface area contributed by atoms with Gasteiger partial charge in [-0.3, -0.25) is 4.21 Å². The summed E-state index contributed by atoms with van der Waals surface area (Å²) in [6.07, 6.45) is -3.60. The zero-order valence-electron chi connectivity index (χ0n) is 21.2. The fourth-order valence-electron chi connectivity index (χ4n) is 3.97. The Balaban J connectivity index is 1.50. The Morgan fingerprint density at radius 1 is 1.05 bits per heavy atom. The average molecular weight is 658 g/mol. The fourth-order valence-corrected chi connectivity index (χ4v) is 7.32. The van der Waals surface area contributed by atoms with E-state index in [1.807, 2.05) is 4.83 Å². The van der Waals surface area contributed by atoms with Crippen LogP contribution in [0.1, 0.15) is 27.6 Å². The van der Waals surface area contributed by atoms with Gasteiger partial charge in [-0.05, 0) is 47.5 Å². The van der Waals surface area contributed by atoms with Gasteiger partial charge in [0, 0.05) is 23.0 Å². The van der Waals surface area contributed by atoms with Crippen LogP contribution in [0.4, 0.5) is 17.6 Å². The maximum atomic E-state index is 13.8. The molecule has 12 nitrogen and oxygen atoms in total. The Bertz CT molecular complexity index is 1870. The third-order valence-electron chi connectivity index (χ3n) is 5.69. The van der Waals surface area contributed by atoms with Crippen LogP contribution in [-0.2, 0) is 33.4 Å². The van der Waals surface area contributed by atoms with Crippen molar-refractivity contribution in [2.45, 2.75) is 23.9 Å². The van der Waals surface area contributed by atoms with E-state index in [0.29, 0.717) is 21.3 Å². The molecule has 19 heteroatoms. The van der Waals surface area contributed by atoms with E-state index in [9.17, 15) is 34.7 Å². The van der Waals surface area contributed by atoms with E-state index >= 15 is 0 Å². The summed E-state index contributed by atoms with van der Waals surface area (Å²) in [6.45, 7) is -0.241. The molecular weight excluding hydrogens is 640 g/mol. The van der Waals surface area contributed by atoms with Gasteiger partial charge in [0.1, 0.15) is 21.8 Å². The number of hydrazine groups is 1.